The van der Waals surface area contributed by atoms with E-state index in [-0.39, 0.29) is 27.2 Å². The Labute approximate surface area is 190 Å². The Morgan fingerprint density at radius 1 is 1.09 bits per heavy atom. The van der Waals surface area contributed by atoms with Crippen molar-refractivity contribution < 1.29 is 8.42 Å². The summed E-state index contributed by atoms with van der Waals surface area (Å²) in [6.07, 6.45) is 0. The van der Waals surface area contributed by atoms with Crippen molar-refractivity contribution in [2.24, 2.45) is 7.05 Å². The number of sulfone groups is 1. The van der Waals surface area contributed by atoms with Crippen LogP contribution >= 0.6 is 23.2 Å². The molecule has 14 heteroatoms. The van der Waals surface area contributed by atoms with Crippen LogP contribution in [0.25, 0.3) is 5.69 Å². The molecule has 3 rings (SSSR count). The van der Waals surface area contributed by atoms with Crippen LogP contribution in [0.3, 0.4) is 0 Å². The van der Waals surface area contributed by atoms with Crippen molar-refractivity contribution in [1.29, 1.82) is 5.26 Å². The van der Waals surface area contributed by atoms with E-state index < -0.39 is 42.3 Å². The van der Waals surface area contributed by atoms with Crippen LogP contribution in [0.5, 0.6) is 0 Å². The Hall–Kier alpha value is -3.27. The lowest BCUT2D eigenvalue weighted by Gasteiger charge is -2.13. The van der Waals surface area contributed by atoms with E-state index in [2.05, 4.69) is 10.2 Å². The summed E-state index contributed by atoms with van der Waals surface area (Å²) in [5, 5.41) is 15.2. The number of nitrogens with one attached hydrogen (secondary N) is 1. The van der Waals surface area contributed by atoms with Gasteiger partial charge in [0.2, 0.25) is 15.5 Å². The molecule has 0 saturated carbocycles. The molecule has 0 aliphatic rings. The number of aryl methyl sites for hydroxylation is 1. The lowest BCUT2D eigenvalue weighted by molar-refractivity contribution is 0.574. The lowest BCUT2D eigenvalue weighted by Crippen LogP contribution is -2.33. The molecular weight excluding hydrogens is 483 g/mol. The summed E-state index contributed by atoms with van der Waals surface area (Å²) in [5.74, 6) is -0.272. The third-order valence-corrected chi connectivity index (χ3v) is 6.94. The summed E-state index contributed by atoms with van der Waals surface area (Å²) in [4.78, 5) is 37.3. The fourth-order valence-electron chi connectivity index (χ4n) is 2.83. The van der Waals surface area contributed by atoms with Crippen LogP contribution in [0.15, 0.2) is 42.5 Å². The standard InChI is InChI=1S/C18H14Cl2N6O5S/c1-8(2)10-6-14(24-25(3)17(10)28)32(30,31)15-11(19)4-9(5-12(15)20)26-18(29)22-16(27)13(7-21)23-26/h4-6,8H,1-3H3,(H,22,27,29). The number of H-pyrrole nitrogens is 1. The molecule has 166 valence electrons. The van der Waals surface area contributed by atoms with Gasteiger partial charge in [-0.1, -0.05) is 37.0 Å². The second-order valence-corrected chi connectivity index (χ2v) is 9.54. The highest BCUT2D eigenvalue weighted by Gasteiger charge is 2.29. The van der Waals surface area contributed by atoms with Crippen molar-refractivity contribution in [3.05, 3.63) is 70.7 Å². The molecule has 0 fully saturated rings. The minimum absolute atomic E-state index is 0.0898. The van der Waals surface area contributed by atoms with E-state index in [0.717, 1.165) is 22.9 Å². The van der Waals surface area contributed by atoms with Crippen LogP contribution in [-0.4, -0.2) is 33.0 Å². The van der Waals surface area contributed by atoms with Gasteiger partial charge in [-0.3, -0.25) is 14.6 Å². The van der Waals surface area contributed by atoms with Gasteiger partial charge in [-0.05, 0) is 24.1 Å². The summed E-state index contributed by atoms with van der Waals surface area (Å²) in [6, 6.07) is 4.86. The molecule has 0 atom stereocenters. The summed E-state index contributed by atoms with van der Waals surface area (Å²) in [7, 11) is -3.06. The van der Waals surface area contributed by atoms with Crippen LogP contribution in [-0.2, 0) is 16.9 Å². The number of nitriles is 1. The van der Waals surface area contributed by atoms with E-state index in [9.17, 15) is 22.8 Å². The third kappa shape index (κ3) is 3.97. The Morgan fingerprint density at radius 3 is 2.22 bits per heavy atom. The Kier molecular flexibility index (Phi) is 6.10. The average Bonchev–Trinajstić information content (AvgIpc) is 2.68. The fraction of sp³-hybridized carbons (Fsp3) is 0.222. The first-order chi connectivity index (χ1) is 14.9. The summed E-state index contributed by atoms with van der Waals surface area (Å²) >= 11 is 12.4. The molecule has 3 aromatic rings. The largest absolute Gasteiger partial charge is 0.349 e. The molecule has 0 amide bonds. The monoisotopic (exact) mass is 496 g/mol. The second-order valence-electron chi connectivity index (χ2n) is 6.89. The Balaban J connectivity index is 2.24. The number of aromatic nitrogens is 5. The van der Waals surface area contributed by atoms with Gasteiger partial charge in [0.25, 0.3) is 11.1 Å². The first-order valence-corrected chi connectivity index (χ1v) is 11.1. The minimum atomic E-state index is -4.38. The number of hydrogen-bond donors (Lipinski definition) is 1. The van der Waals surface area contributed by atoms with Gasteiger partial charge in [-0.25, -0.2) is 17.9 Å². The molecule has 32 heavy (non-hydrogen) atoms. The molecule has 1 N–H and O–H groups in total. The maximum absolute atomic E-state index is 13.3. The molecule has 2 heterocycles. The smallest absolute Gasteiger partial charge is 0.270 e. The van der Waals surface area contributed by atoms with Crippen LogP contribution in [0.1, 0.15) is 31.0 Å². The summed E-state index contributed by atoms with van der Waals surface area (Å²) < 4.78 is 28.1. The van der Waals surface area contributed by atoms with E-state index in [1.54, 1.807) is 13.8 Å². The Bertz CT molecular complexity index is 1560. The average molecular weight is 497 g/mol. The molecule has 0 bridgehead atoms. The van der Waals surface area contributed by atoms with Crippen molar-refractivity contribution in [3.8, 4) is 11.8 Å². The van der Waals surface area contributed by atoms with Crippen molar-refractivity contribution in [2.75, 3.05) is 0 Å². The molecule has 0 saturated heterocycles. The molecule has 0 radical (unpaired) electrons. The van der Waals surface area contributed by atoms with Crippen LogP contribution in [0.4, 0.5) is 0 Å². The van der Waals surface area contributed by atoms with Gasteiger partial charge in [0, 0.05) is 12.6 Å². The van der Waals surface area contributed by atoms with Gasteiger partial charge >= 0.3 is 5.69 Å². The van der Waals surface area contributed by atoms with Crippen molar-refractivity contribution >= 4 is 33.0 Å². The van der Waals surface area contributed by atoms with Gasteiger partial charge in [-0.2, -0.15) is 15.0 Å². The van der Waals surface area contributed by atoms with Crippen molar-refractivity contribution in [1.82, 2.24) is 24.5 Å². The van der Waals surface area contributed by atoms with Crippen LogP contribution in [0.2, 0.25) is 10.0 Å². The van der Waals surface area contributed by atoms with Gasteiger partial charge < -0.3 is 0 Å². The second kappa shape index (κ2) is 8.34. The first-order valence-electron chi connectivity index (χ1n) is 8.85. The quantitative estimate of drug-likeness (QED) is 0.562. The summed E-state index contributed by atoms with van der Waals surface area (Å²) in [6.45, 7) is 3.46. The van der Waals surface area contributed by atoms with E-state index >= 15 is 0 Å². The normalized spacial score (nSPS) is 11.5. The van der Waals surface area contributed by atoms with Crippen molar-refractivity contribution in [2.45, 2.75) is 29.7 Å². The number of nitrogens with zero attached hydrogens (tertiary/aromatic N) is 5. The van der Waals surface area contributed by atoms with E-state index in [4.69, 9.17) is 28.5 Å². The van der Waals surface area contributed by atoms with Gasteiger partial charge in [-0.15, -0.1) is 5.10 Å². The number of hydrogen-bond acceptors (Lipinski definition) is 8. The van der Waals surface area contributed by atoms with E-state index in [1.807, 2.05) is 4.98 Å². The highest BCUT2D eigenvalue weighted by Crippen LogP contribution is 2.35. The molecule has 0 unspecified atom stereocenters. The highest BCUT2D eigenvalue weighted by molar-refractivity contribution is 7.91. The predicted molar refractivity (Wildman–Crippen MR) is 114 cm³/mol. The van der Waals surface area contributed by atoms with E-state index in [0.29, 0.717) is 4.68 Å². The lowest BCUT2D eigenvalue weighted by atomic mass is 10.1. The van der Waals surface area contributed by atoms with Crippen LogP contribution < -0.4 is 16.8 Å². The molecule has 11 nitrogen and oxygen atoms in total. The summed E-state index contributed by atoms with van der Waals surface area (Å²) in [5.41, 5.74) is -2.86. The maximum Gasteiger partial charge on any atom is 0.349 e. The molecule has 0 aliphatic heterocycles. The molecule has 2 aromatic heterocycles. The number of rotatable bonds is 4. The number of benzene rings is 1. The molecule has 0 aliphatic carbocycles. The SMILES string of the molecule is CC(C)c1cc(S(=O)(=O)c2c(Cl)cc(-n3nc(C#N)c(=O)[nH]c3=O)cc2Cl)nn(C)c1=O. The zero-order valence-electron chi connectivity index (χ0n) is 16.8. The Morgan fingerprint density at radius 2 is 1.69 bits per heavy atom. The number of aromatic amines is 1. The zero-order chi connectivity index (χ0) is 24.0. The maximum atomic E-state index is 13.3. The van der Waals surface area contributed by atoms with E-state index in [1.165, 1.54) is 13.1 Å². The van der Waals surface area contributed by atoms with Gasteiger partial charge in [0.15, 0.2) is 5.03 Å². The minimum Gasteiger partial charge on any atom is -0.270 e. The predicted octanol–water partition coefficient (Wildman–Crippen LogP) is 1.15. The number of halogens is 2. The van der Waals surface area contributed by atoms with Crippen molar-refractivity contribution in [3.63, 3.8) is 0 Å². The molecule has 1 aromatic carbocycles. The third-order valence-electron chi connectivity index (χ3n) is 4.40. The fourth-order valence-corrected chi connectivity index (χ4v) is 5.26. The molecule has 0 spiro atoms. The highest BCUT2D eigenvalue weighted by atomic mass is 35.5. The van der Waals surface area contributed by atoms with Crippen LogP contribution in [0, 0.1) is 11.3 Å². The first kappa shape index (κ1) is 23.4. The molecular formula is C18H14Cl2N6O5S. The van der Waals surface area contributed by atoms with Gasteiger partial charge in [0.05, 0.1) is 15.7 Å². The van der Waals surface area contributed by atoms with Gasteiger partial charge in [0.1, 0.15) is 11.0 Å². The zero-order valence-corrected chi connectivity index (χ0v) is 19.1. The topological polar surface area (TPSA) is 161 Å².